The standard InChI is InChI=1S/C13H11F4N3/c14-10-4-2-1-3-8(10)6-19-11-5-9(13(15,16)17)7-20-12(11)18/h1-5,7,19H,6H2,(H2,18,20). The number of hydrogen-bond acceptors (Lipinski definition) is 3. The summed E-state index contributed by atoms with van der Waals surface area (Å²) in [5, 5.41) is 2.66. The van der Waals surface area contributed by atoms with Gasteiger partial charge >= 0.3 is 6.18 Å². The first-order valence-electron chi connectivity index (χ1n) is 5.68. The van der Waals surface area contributed by atoms with Crippen LogP contribution >= 0.6 is 0 Å². The Hall–Kier alpha value is -2.31. The highest BCUT2D eigenvalue weighted by molar-refractivity contribution is 5.62. The predicted octanol–water partition coefficient (Wildman–Crippen LogP) is 3.43. The molecule has 0 unspecified atom stereocenters. The maximum Gasteiger partial charge on any atom is 0.417 e. The Bertz CT molecular complexity index is 611. The number of hydrogen-bond donors (Lipinski definition) is 2. The van der Waals surface area contributed by atoms with Crippen LogP contribution < -0.4 is 11.1 Å². The molecule has 1 aromatic carbocycles. The molecule has 0 spiro atoms. The van der Waals surface area contributed by atoms with E-state index in [1.165, 1.54) is 18.2 Å². The topological polar surface area (TPSA) is 50.9 Å². The van der Waals surface area contributed by atoms with Crippen molar-refractivity contribution in [1.82, 2.24) is 4.98 Å². The van der Waals surface area contributed by atoms with E-state index in [-0.39, 0.29) is 18.1 Å². The molecule has 0 bridgehead atoms. The maximum absolute atomic E-state index is 13.4. The first-order valence-corrected chi connectivity index (χ1v) is 5.68. The van der Waals surface area contributed by atoms with Crippen LogP contribution in [0.25, 0.3) is 0 Å². The fourth-order valence-electron chi connectivity index (χ4n) is 1.60. The lowest BCUT2D eigenvalue weighted by atomic mass is 10.2. The summed E-state index contributed by atoms with van der Waals surface area (Å²) in [4.78, 5) is 3.48. The molecule has 3 nitrogen and oxygen atoms in total. The Morgan fingerprint density at radius 1 is 1.20 bits per heavy atom. The summed E-state index contributed by atoms with van der Waals surface area (Å²) < 4.78 is 51.1. The van der Waals surface area contributed by atoms with Crippen molar-refractivity contribution in [2.45, 2.75) is 12.7 Å². The van der Waals surface area contributed by atoms with Crippen molar-refractivity contribution in [3.63, 3.8) is 0 Å². The Labute approximate surface area is 112 Å². The van der Waals surface area contributed by atoms with Crippen LogP contribution in [0.2, 0.25) is 0 Å². The fraction of sp³-hybridized carbons (Fsp3) is 0.154. The molecule has 106 valence electrons. The van der Waals surface area contributed by atoms with E-state index in [9.17, 15) is 17.6 Å². The van der Waals surface area contributed by atoms with Gasteiger partial charge in [0.1, 0.15) is 11.6 Å². The predicted molar refractivity (Wildman–Crippen MR) is 67.4 cm³/mol. The summed E-state index contributed by atoms with van der Waals surface area (Å²) in [6.45, 7) is 0.0138. The van der Waals surface area contributed by atoms with Gasteiger partial charge in [-0.25, -0.2) is 9.37 Å². The van der Waals surface area contributed by atoms with Crippen molar-refractivity contribution >= 4 is 11.5 Å². The molecule has 0 aliphatic carbocycles. The van der Waals surface area contributed by atoms with Crippen LogP contribution in [0.5, 0.6) is 0 Å². The second kappa shape index (κ2) is 5.36. The van der Waals surface area contributed by atoms with E-state index in [0.29, 0.717) is 11.8 Å². The summed E-state index contributed by atoms with van der Waals surface area (Å²) in [7, 11) is 0. The molecule has 0 aliphatic rings. The molecule has 0 radical (unpaired) electrons. The largest absolute Gasteiger partial charge is 0.417 e. The number of anilines is 2. The lowest BCUT2D eigenvalue weighted by Gasteiger charge is -2.12. The minimum atomic E-state index is -4.50. The van der Waals surface area contributed by atoms with Crippen molar-refractivity contribution in [3.8, 4) is 0 Å². The van der Waals surface area contributed by atoms with Crippen LogP contribution in [0.3, 0.4) is 0 Å². The molecule has 3 N–H and O–H groups in total. The number of nitrogens with two attached hydrogens (primary N) is 1. The SMILES string of the molecule is Nc1ncc(C(F)(F)F)cc1NCc1ccccc1F. The highest BCUT2D eigenvalue weighted by Gasteiger charge is 2.31. The van der Waals surface area contributed by atoms with Crippen molar-refractivity contribution in [1.29, 1.82) is 0 Å². The van der Waals surface area contributed by atoms with E-state index >= 15 is 0 Å². The molecule has 0 amide bonds. The minimum Gasteiger partial charge on any atom is -0.382 e. The quantitative estimate of drug-likeness (QED) is 0.849. The third kappa shape index (κ3) is 3.17. The number of alkyl halides is 3. The smallest absolute Gasteiger partial charge is 0.382 e. The van der Waals surface area contributed by atoms with Crippen molar-refractivity contribution < 1.29 is 17.6 Å². The second-order valence-electron chi connectivity index (χ2n) is 4.10. The number of rotatable bonds is 3. The first kappa shape index (κ1) is 14.1. The third-order valence-electron chi connectivity index (χ3n) is 2.67. The zero-order valence-corrected chi connectivity index (χ0v) is 10.2. The van der Waals surface area contributed by atoms with Gasteiger partial charge in [-0.3, -0.25) is 0 Å². The van der Waals surface area contributed by atoms with Gasteiger partial charge < -0.3 is 11.1 Å². The second-order valence-corrected chi connectivity index (χ2v) is 4.10. The zero-order valence-electron chi connectivity index (χ0n) is 10.2. The molecule has 7 heteroatoms. The summed E-state index contributed by atoms with van der Waals surface area (Å²) >= 11 is 0. The zero-order chi connectivity index (χ0) is 14.8. The normalized spacial score (nSPS) is 11.4. The summed E-state index contributed by atoms with van der Waals surface area (Å²) in [5.74, 6) is -0.521. The number of nitrogens with one attached hydrogen (secondary N) is 1. The highest BCUT2D eigenvalue weighted by atomic mass is 19.4. The number of nitrogen functional groups attached to an aromatic ring is 1. The number of benzene rings is 1. The molecule has 0 aliphatic heterocycles. The first-order chi connectivity index (χ1) is 9.38. The number of aromatic nitrogens is 1. The number of nitrogens with zero attached hydrogens (tertiary/aromatic N) is 1. The average molecular weight is 285 g/mol. The Morgan fingerprint density at radius 3 is 2.55 bits per heavy atom. The summed E-state index contributed by atoms with van der Waals surface area (Å²) in [5.41, 5.74) is 4.93. The van der Waals surface area contributed by atoms with Gasteiger partial charge in [0.15, 0.2) is 0 Å². The molecule has 1 aromatic heterocycles. The molecule has 2 aromatic rings. The monoisotopic (exact) mass is 285 g/mol. The van der Waals surface area contributed by atoms with E-state index in [4.69, 9.17) is 5.73 Å². The summed E-state index contributed by atoms with van der Waals surface area (Å²) in [6.07, 6.45) is -3.85. The molecule has 0 saturated carbocycles. The Kier molecular flexibility index (Phi) is 3.78. The molecule has 1 heterocycles. The van der Waals surface area contributed by atoms with Crippen LogP contribution in [-0.2, 0) is 12.7 Å². The highest BCUT2D eigenvalue weighted by Crippen LogP contribution is 2.31. The van der Waals surface area contributed by atoms with Crippen LogP contribution in [0.1, 0.15) is 11.1 Å². The van der Waals surface area contributed by atoms with E-state index in [2.05, 4.69) is 10.3 Å². The average Bonchev–Trinajstić information content (AvgIpc) is 2.38. The molecule has 2 rings (SSSR count). The van der Waals surface area contributed by atoms with E-state index < -0.39 is 17.6 Å². The van der Waals surface area contributed by atoms with Gasteiger partial charge in [-0.05, 0) is 12.1 Å². The van der Waals surface area contributed by atoms with Gasteiger partial charge in [0.2, 0.25) is 0 Å². The minimum absolute atomic E-state index is 0.0138. The Morgan fingerprint density at radius 2 is 1.90 bits per heavy atom. The molecule has 0 atom stereocenters. The molecular formula is C13H11F4N3. The van der Waals surface area contributed by atoms with Crippen molar-refractivity contribution in [2.24, 2.45) is 0 Å². The van der Waals surface area contributed by atoms with Crippen molar-refractivity contribution in [3.05, 3.63) is 53.5 Å². The molecule has 0 saturated heterocycles. The Balaban J connectivity index is 2.19. The number of pyridine rings is 1. The van der Waals surface area contributed by atoms with Crippen LogP contribution in [0.15, 0.2) is 36.5 Å². The summed E-state index contributed by atoms with van der Waals surface area (Å²) in [6, 6.07) is 6.81. The van der Waals surface area contributed by atoms with Gasteiger partial charge in [-0.2, -0.15) is 13.2 Å². The number of halogens is 4. The molecule has 20 heavy (non-hydrogen) atoms. The molecule has 0 fully saturated rings. The van der Waals surface area contributed by atoms with Gasteiger partial charge in [0.05, 0.1) is 11.3 Å². The van der Waals surface area contributed by atoms with Crippen LogP contribution in [0, 0.1) is 5.82 Å². The van der Waals surface area contributed by atoms with Crippen LogP contribution in [-0.4, -0.2) is 4.98 Å². The maximum atomic E-state index is 13.4. The van der Waals surface area contributed by atoms with Gasteiger partial charge in [-0.1, -0.05) is 18.2 Å². The molecular weight excluding hydrogens is 274 g/mol. The van der Waals surface area contributed by atoms with E-state index in [1.54, 1.807) is 6.07 Å². The van der Waals surface area contributed by atoms with Gasteiger partial charge in [-0.15, -0.1) is 0 Å². The fourth-order valence-corrected chi connectivity index (χ4v) is 1.60. The van der Waals surface area contributed by atoms with Gasteiger partial charge in [0.25, 0.3) is 0 Å². The van der Waals surface area contributed by atoms with E-state index in [0.717, 1.165) is 6.07 Å². The van der Waals surface area contributed by atoms with Crippen LogP contribution in [0.4, 0.5) is 29.1 Å². The lowest BCUT2D eigenvalue weighted by Crippen LogP contribution is -2.10. The van der Waals surface area contributed by atoms with Crippen molar-refractivity contribution in [2.75, 3.05) is 11.1 Å². The van der Waals surface area contributed by atoms with E-state index in [1.807, 2.05) is 0 Å². The third-order valence-corrected chi connectivity index (χ3v) is 2.67. The lowest BCUT2D eigenvalue weighted by molar-refractivity contribution is -0.137. The van der Waals surface area contributed by atoms with Gasteiger partial charge in [0, 0.05) is 18.3 Å².